The third-order valence-electron chi connectivity index (χ3n) is 5.27. The maximum atomic E-state index is 13.1. The summed E-state index contributed by atoms with van der Waals surface area (Å²) in [6.07, 6.45) is 3.61. The van der Waals surface area contributed by atoms with E-state index in [1.807, 2.05) is 12.1 Å². The van der Waals surface area contributed by atoms with Crippen LogP contribution in [0.2, 0.25) is 0 Å². The number of benzene rings is 1. The molecule has 2 saturated heterocycles. The number of anilines is 1. The number of hydrogen-bond donors (Lipinski definition) is 2. The van der Waals surface area contributed by atoms with Crippen LogP contribution >= 0.6 is 0 Å². The van der Waals surface area contributed by atoms with E-state index in [0.29, 0.717) is 18.7 Å². The Labute approximate surface area is 159 Å². The number of nitrogens with two attached hydrogens (primary N) is 1. The van der Waals surface area contributed by atoms with Crippen LogP contribution in [-0.4, -0.2) is 67.1 Å². The molecule has 1 atom stereocenters. The largest absolute Gasteiger partial charge is 0.469 e. The van der Waals surface area contributed by atoms with Gasteiger partial charge in [0.1, 0.15) is 12.0 Å². The van der Waals surface area contributed by atoms with E-state index in [1.54, 1.807) is 21.9 Å². The van der Waals surface area contributed by atoms with Crippen LogP contribution in [0, 0.1) is 5.41 Å². The maximum Gasteiger partial charge on any atom is 0.325 e. The summed E-state index contributed by atoms with van der Waals surface area (Å²) in [6.45, 7) is 2.82. The summed E-state index contributed by atoms with van der Waals surface area (Å²) >= 11 is 0. The smallest absolute Gasteiger partial charge is 0.325 e. The summed E-state index contributed by atoms with van der Waals surface area (Å²) in [7, 11) is 1.36. The maximum absolute atomic E-state index is 13.1. The molecule has 2 aliphatic heterocycles. The molecule has 27 heavy (non-hydrogen) atoms. The van der Waals surface area contributed by atoms with Crippen molar-refractivity contribution >= 4 is 23.5 Å². The molecule has 2 aliphatic rings. The van der Waals surface area contributed by atoms with Gasteiger partial charge in [-0.25, -0.2) is 4.79 Å². The summed E-state index contributed by atoms with van der Waals surface area (Å²) in [6, 6.07) is 7.01. The number of rotatable bonds is 6. The first-order valence-corrected chi connectivity index (χ1v) is 9.34. The Kier molecular flexibility index (Phi) is 5.95. The highest BCUT2D eigenvalue weighted by molar-refractivity contribution is 5.97. The lowest BCUT2D eigenvalue weighted by Gasteiger charge is -2.36. The standard InChI is InChI=1S/C19H27N5O3/c1-27-17(25)9-12-23-16(22-10-3-2-4-11-22)13-24(19(23)26)15-7-5-14(6-8-15)18(20)21/h5-8,16H,2-4,9-13H2,1H3,(H3,20,21). The molecule has 146 valence electrons. The van der Waals surface area contributed by atoms with E-state index in [-0.39, 0.29) is 30.4 Å². The molecule has 1 unspecified atom stereocenters. The van der Waals surface area contributed by atoms with Crippen molar-refractivity contribution in [2.45, 2.75) is 31.8 Å². The van der Waals surface area contributed by atoms with Crippen molar-refractivity contribution in [3.8, 4) is 0 Å². The van der Waals surface area contributed by atoms with E-state index >= 15 is 0 Å². The second-order valence-corrected chi connectivity index (χ2v) is 6.95. The first-order chi connectivity index (χ1) is 13.0. The van der Waals surface area contributed by atoms with Gasteiger partial charge in [0.05, 0.1) is 20.1 Å². The van der Waals surface area contributed by atoms with Crippen molar-refractivity contribution in [3.63, 3.8) is 0 Å². The zero-order valence-electron chi connectivity index (χ0n) is 15.7. The lowest BCUT2D eigenvalue weighted by molar-refractivity contribution is -0.141. The van der Waals surface area contributed by atoms with E-state index in [1.165, 1.54) is 13.5 Å². The van der Waals surface area contributed by atoms with Crippen LogP contribution in [0.4, 0.5) is 10.5 Å². The molecule has 2 fully saturated rings. The second kappa shape index (κ2) is 8.39. The van der Waals surface area contributed by atoms with Gasteiger partial charge in [0.2, 0.25) is 0 Å². The fourth-order valence-corrected chi connectivity index (χ4v) is 3.75. The van der Waals surface area contributed by atoms with Gasteiger partial charge >= 0.3 is 12.0 Å². The minimum Gasteiger partial charge on any atom is -0.469 e. The summed E-state index contributed by atoms with van der Waals surface area (Å²) in [4.78, 5) is 30.5. The van der Waals surface area contributed by atoms with Crippen molar-refractivity contribution in [2.75, 3.05) is 38.2 Å². The molecule has 3 N–H and O–H groups in total. The van der Waals surface area contributed by atoms with Crippen molar-refractivity contribution in [3.05, 3.63) is 29.8 Å². The Morgan fingerprint density at radius 2 is 1.89 bits per heavy atom. The number of nitrogen functional groups attached to an aromatic ring is 1. The van der Waals surface area contributed by atoms with Crippen LogP contribution < -0.4 is 10.6 Å². The minimum absolute atomic E-state index is 0.000182. The van der Waals surface area contributed by atoms with Crippen LogP contribution in [0.15, 0.2) is 24.3 Å². The predicted octanol–water partition coefficient (Wildman–Crippen LogP) is 1.59. The molecule has 0 saturated carbocycles. The summed E-state index contributed by atoms with van der Waals surface area (Å²) in [5.74, 6) is -0.315. The molecule has 3 rings (SSSR count). The Hall–Kier alpha value is -2.61. The van der Waals surface area contributed by atoms with E-state index in [4.69, 9.17) is 15.9 Å². The Morgan fingerprint density at radius 3 is 2.48 bits per heavy atom. The van der Waals surface area contributed by atoms with E-state index in [2.05, 4.69) is 4.90 Å². The lowest BCUT2D eigenvalue weighted by Crippen LogP contribution is -2.49. The average Bonchev–Trinajstić information content (AvgIpc) is 3.03. The third-order valence-corrected chi connectivity index (χ3v) is 5.27. The first kappa shape index (κ1) is 19.2. The SMILES string of the molecule is COC(=O)CCN1C(=O)N(c2ccc(C(=N)N)cc2)CC1N1CCCCC1. The molecule has 0 radical (unpaired) electrons. The Bertz CT molecular complexity index is 700. The van der Waals surface area contributed by atoms with Crippen molar-refractivity contribution < 1.29 is 14.3 Å². The number of esters is 1. The van der Waals surface area contributed by atoms with Gasteiger partial charge in [-0.3, -0.25) is 20.0 Å². The summed E-state index contributed by atoms with van der Waals surface area (Å²) in [5.41, 5.74) is 6.91. The normalized spacial score (nSPS) is 20.8. The highest BCUT2D eigenvalue weighted by Gasteiger charge is 2.41. The van der Waals surface area contributed by atoms with Crippen LogP contribution in [0.1, 0.15) is 31.2 Å². The number of likely N-dealkylation sites (tertiary alicyclic amines) is 1. The predicted molar refractivity (Wildman–Crippen MR) is 103 cm³/mol. The first-order valence-electron chi connectivity index (χ1n) is 9.34. The number of piperidine rings is 1. The quantitative estimate of drug-likeness (QED) is 0.448. The number of nitrogens with zero attached hydrogens (tertiary/aromatic N) is 3. The van der Waals surface area contributed by atoms with Gasteiger partial charge in [0, 0.05) is 30.9 Å². The van der Waals surface area contributed by atoms with E-state index in [0.717, 1.165) is 31.6 Å². The molecule has 8 nitrogen and oxygen atoms in total. The topological polar surface area (TPSA) is 103 Å². The molecular formula is C19H27N5O3. The van der Waals surface area contributed by atoms with Gasteiger partial charge in [-0.1, -0.05) is 6.42 Å². The molecule has 8 heteroatoms. The molecule has 1 aromatic rings. The van der Waals surface area contributed by atoms with Gasteiger partial charge in [0.25, 0.3) is 0 Å². The number of amides is 2. The van der Waals surface area contributed by atoms with Gasteiger partial charge in [-0.2, -0.15) is 0 Å². The molecular weight excluding hydrogens is 346 g/mol. The average molecular weight is 373 g/mol. The number of ether oxygens (including phenoxy) is 1. The number of hydrogen-bond acceptors (Lipinski definition) is 5. The highest BCUT2D eigenvalue weighted by Crippen LogP contribution is 2.28. The van der Waals surface area contributed by atoms with Crippen molar-refractivity contribution in [1.29, 1.82) is 5.41 Å². The van der Waals surface area contributed by atoms with Gasteiger partial charge in [-0.15, -0.1) is 0 Å². The molecule has 0 bridgehead atoms. The fraction of sp³-hybridized carbons (Fsp3) is 0.526. The van der Waals surface area contributed by atoms with Crippen LogP contribution in [0.5, 0.6) is 0 Å². The van der Waals surface area contributed by atoms with Crippen LogP contribution in [0.3, 0.4) is 0 Å². The molecule has 0 aliphatic carbocycles. The Morgan fingerprint density at radius 1 is 1.22 bits per heavy atom. The monoisotopic (exact) mass is 373 g/mol. The van der Waals surface area contributed by atoms with Crippen LogP contribution in [-0.2, 0) is 9.53 Å². The highest BCUT2D eigenvalue weighted by atomic mass is 16.5. The molecule has 1 aromatic carbocycles. The zero-order chi connectivity index (χ0) is 19.4. The van der Waals surface area contributed by atoms with Gasteiger partial charge < -0.3 is 15.4 Å². The number of carbonyl (C=O) groups excluding carboxylic acids is 2. The van der Waals surface area contributed by atoms with Crippen molar-refractivity contribution in [2.24, 2.45) is 5.73 Å². The van der Waals surface area contributed by atoms with Crippen molar-refractivity contribution in [1.82, 2.24) is 9.80 Å². The lowest BCUT2D eigenvalue weighted by atomic mass is 10.1. The number of nitrogens with one attached hydrogen (secondary N) is 1. The fourth-order valence-electron chi connectivity index (χ4n) is 3.75. The van der Waals surface area contributed by atoms with E-state index in [9.17, 15) is 9.59 Å². The van der Waals surface area contributed by atoms with E-state index < -0.39 is 0 Å². The Balaban J connectivity index is 1.79. The number of carbonyl (C=O) groups is 2. The molecule has 2 amide bonds. The molecule has 2 heterocycles. The summed E-state index contributed by atoms with van der Waals surface area (Å²) < 4.78 is 4.74. The number of methoxy groups -OCH3 is 1. The second-order valence-electron chi connectivity index (χ2n) is 6.95. The number of amidine groups is 1. The van der Waals surface area contributed by atoms with Crippen LogP contribution in [0.25, 0.3) is 0 Å². The summed E-state index contributed by atoms with van der Waals surface area (Å²) in [5, 5.41) is 7.50. The third kappa shape index (κ3) is 4.21. The number of urea groups is 1. The molecule has 0 aromatic heterocycles. The minimum atomic E-state index is -0.315. The van der Waals surface area contributed by atoms with Gasteiger partial charge in [0.15, 0.2) is 0 Å². The van der Waals surface area contributed by atoms with Gasteiger partial charge in [-0.05, 0) is 37.1 Å². The molecule has 0 spiro atoms. The zero-order valence-corrected chi connectivity index (χ0v) is 15.7.